The summed E-state index contributed by atoms with van der Waals surface area (Å²) in [6, 6.07) is 0. The molecule has 0 spiro atoms. The average Bonchev–Trinajstić information content (AvgIpc) is 2.00. The van der Waals surface area contributed by atoms with Crippen LogP contribution in [-0.2, 0) is 4.74 Å². The van der Waals surface area contributed by atoms with Crippen LogP contribution in [0, 0.1) is 0 Å². The summed E-state index contributed by atoms with van der Waals surface area (Å²) in [7, 11) is 1.53. The predicted octanol–water partition coefficient (Wildman–Crippen LogP) is 0.359. The van der Waals surface area contributed by atoms with E-state index in [-0.39, 0.29) is 0 Å². The average molecular weight is 174 g/mol. The van der Waals surface area contributed by atoms with Gasteiger partial charge in [0.1, 0.15) is 5.72 Å². The zero-order valence-electron chi connectivity index (χ0n) is 7.98. The van der Waals surface area contributed by atoms with Crippen molar-refractivity contribution in [2.45, 2.75) is 26.0 Å². The van der Waals surface area contributed by atoms with Crippen LogP contribution in [0.25, 0.3) is 0 Å². The van der Waals surface area contributed by atoms with Crippen molar-refractivity contribution in [3.63, 3.8) is 0 Å². The Morgan fingerprint density at radius 1 is 1.67 bits per heavy atom. The number of hydrogen-bond donors (Lipinski definition) is 3. The Kier molecular flexibility index (Phi) is 4.89. The molecular formula is C8H18N2O2. The van der Waals surface area contributed by atoms with Gasteiger partial charge in [-0.15, -0.1) is 0 Å². The number of rotatable bonds is 6. The van der Waals surface area contributed by atoms with Crippen molar-refractivity contribution in [2.75, 3.05) is 13.7 Å². The number of methoxy groups -OCH3 is 1. The van der Waals surface area contributed by atoms with Gasteiger partial charge in [0.05, 0.1) is 12.9 Å². The van der Waals surface area contributed by atoms with Gasteiger partial charge in [0.25, 0.3) is 0 Å². The second kappa shape index (κ2) is 5.13. The van der Waals surface area contributed by atoms with Gasteiger partial charge in [-0.1, -0.05) is 13.5 Å². The number of nitrogens with one attached hydrogen (secondary N) is 2. The van der Waals surface area contributed by atoms with Gasteiger partial charge in [-0.3, -0.25) is 5.43 Å². The molecule has 0 radical (unpaired) electrons. The lowest BCUT2D eigenvalue weighted by molar-refractivity contribution is -0.000565. The molecule has 0 aromatic carbocycles. The molecule has 0 aromatic rings. The molecule has 0 bridgehead atoms. The number of hydrogen-bond acceptors (Lipinski definition) is 4. The molecule has 0 heterocycles. The first-order valence-corrected chi connectivity index (χ1v) is 3.96. The Hall–Kier alpha value is -0.580. The molecular weight excluding hydrogens is 156 g/mol. The molecule has 4 nitrogen and oxygen atoms in total. The first-order chi connectivity index (χ1) is 5.52. The van der Waals surface area contributed by atoms with Crippen LogP contribution in [-0.4, -0.2) is 24.5 Å². The first-order valence-electron chi connectivity index (χ1n) is 3.96. The van der Waals surface area contributed by atoms with Gasteiger partial charge >= 0.3 is 0 Å². The van der Waals surface area contributed by atoms with Crippen LogP contribution in [0.5, 0.6) is 0 Å². The molecule has 0 aliphatic carbocycles. The third-order valence-corrected chi connectivity index (χ3v) is 1.36. The van der Waals surface area contributed by atoms with Gasteiger partial charge in [0.15, 0.2) is 0 Å². The van der Waals surface area contributed by atoms with Gasteiger partial charge in [-0.05, 0) is 6.92 Å². The lowest BCUT2D eigenvalue weighted by atomic mass is 10.2. The second-order valence-corrected chi connectivity index (χ2v) is 2.85. The molecule has 0 rings (SSSR count). The van der Waals surface area contributed by atoms with Crippen molar-refractivity contribution in [3.8, 4) is 0 Å². The lowest BCUT2D eigenvalue weighted by Crippen LogP contribution is -2.50. The second-order valence-electron chi connectivity index (χ2n) is 2.85. The zero-order chi connectivity index (χ0) is 9.61. The minimum Gasteiger partial charge on any atom is -0.502 e. The Labute approximate surface area is 73.6 Å². The van der Waals surface area contributed by atoms with Crippen LogP contribution in [0.15, 0.2) is 12.3 Å². The fourth-order valence-electron chi connectivity index (χ4n) is 0.779. The Morgan fingerprint density at radius 2 is 2.25 bits per heavy atom. The molecule has 3 N–H and O–H groups in total. The van der Waals surface area contributed by atoms with Gasteiger partial charge in [0, 0.05) is 13.0 Å². The van der Waals surface area contributed by atoms with Crippen LogP contribution in [0.4, 0.5) is 0 Å². The third kappa shape index (κ3) is 5.12. The van der Waals surface area contributed by atoms with Crippen molar-refractivity contribution in [2.24, 2.45) is 0 Å². The van der Waals surface area contributed by atoms with Crippen LogP contribution < -0.4 is 10.9 Å². The van der Waals surface area contributed by atoms with E-state index in [9.17, 15) is 5.11 Å². The number of aliphatic hydroxyl groups is 1. The van der Waals surface area contributed by atoms with E-state index in [0.29, 0.717) is 12.2 Å². The van der Waals surface area contributed by atoms with Gasteiger partial charge in [-0.25, -0.2) is 5.43 Å². The van der Waals surface area contributed by atoms with Crippen molar-refractivity contribution in [3.05, 3.63) is 12.3 Å². The summed E-state index contributed by atoms with van der Waals surface area (Å²) in [5, 5.41) is 9.63. The maximum Gasteiger partial charge on any atom is 0.132 e. The van der Waals surface area contributed by atoms with Crippen LogP contribution in [0.1, 0.15) is 20.3 Å². The first kappa shape index (κ1) is 11.4. The molecule has 4 heteroatoms. The van der Waals surface area contributed by atoms with Crippen molar-refractivity contribution < 1.29 is 9.84 Å². The summed E-state index contributed by atoms with van der Waals surface area (Å²) in [5.41, 5.74) is 4.55. The lowest BCUT2D eigenvalue weighted by Gasteiger charge is -2.25. The van der Waals surface area contributed by atoms with E-state index in [1.807, 2.05) is 6.92 Å². The Bertz CT molecular complexity index is 146. The SMILES string of the molecule is C=C(C[C@](C)(O)NNCC)OC. The summed E-state index contributed by atoms with van der Waals surface area (Å²) in [6.07, 6.45) is 0.358. The normalized spacial score (nSPS) is 15.3. The van der Waals surface area contributed by atoms with E-state index < -0.39 is 5.72 Å². The quantitative estimate of drug-likeness (QED) is 0.309. The summed E-state index contributed by atoms with van der Waals surface area (Å²) >= 11 is 0. The summed E-state index contributed by atoms with van der Waals surface area (Å²) in [6.45, 7) is 7.95. The molecule has 0 saturated carbocycles. The highest BCUT2D eigenvalue weighted by Gasteiger charge is 2.20. The highest BCUT2D eigenvalue weighted by atomic mass is 16.5. The maximum atomic E-state index is 9.63. The Morgan fingerprint density at radius 3 is 2.67 bits per heavy atom. The fourth-order valence-corrected chi connectivity index (χ4v) is 0.779. The van der Waals surface area contributed by atoms with E-state index in [0.717, 1.165) is 6.54 Å². The fraction of sp³-hybridized carbons (Fsp3) is 0.750. The molecule has 0 amide bonds. The monoisotopic (exact) mass is 174 g/mol. The maximum absolute atomic E-state index is 9.63. The van der Waals surface area contributed by atoms with Crippen molar-refractivity contribution in [1.82, 2.24) is 10.9 Å². The van der Waals surface area contributed by atoms with Gasteiger partial charge < -0.3 is 9.84 Å². The molecule has 0 unspecified atom stereocenters. The number of ether oxygens (including phenoxy) is 1. The molecule has 0 fully saturated rings. The topological polar surface area (TPSA) is 53.5 Å². The van der Waals surface area contributed by atoms with Crippen LogP contribution in [0.3, 0.4) is 0 Å². The highest BCUT2D eigenvalue weighted by Crippen LogP contribution is 2.10. The van der Waals surface area contributed by atoms with E-state index in [2.05, 4.69) is 17.4 Å². The van der Waals surface area contributed by atoms with Crippen molar-refractivity contribution >= 4 is 0 Å². The minimum absolute atomic E-state index is 0.358. The van der Waals surface area contributed by atoms with E-state index in [1.165, 1.54) is 7.11 Å². The molecule has 0 aromatic heterocycles. The van der Waals surface area contributed by atoms with Crippen molar-refractivity contribution in [1.29, 1.82) is 0 Å². The third-order valence-electron chi connectivity index (χ3n) is 1.36. The standard InChI is InChI=1S/C8H18N2O2/c1-5-9-10-8(3,11)6-7(2)12-4/h9-11H,2,5-6H2,1,3-4H3/t8-/m0/s1. The number of hydrazine groups is 1. The zero-order valence-corrected chi connectivity index (χ0v) is 7.98. The molecule has 0 saturated heterocycles. The summed E-state index contributed by atoms with van der Waals surface area (Å²) in [4.78, 5) is 0. The highest BCUT2D eigenvalue weighted by molar-refractivity contribution is 4.89. The smallest absolute Gasteiger partial charge is 0.132 e. The molecule has 12 heavy (non-hydrogen) atoms. The largest absolute Gasteiger partial charge is 0.502 e. The van der Waals surface area contributed by atoms with Gasteiger partial charge in [0.2, 0.25) is 0 Å². The minimum atomic E-state index is -1.01. The molecule has 0 aliphatic rings. The molecule has 1 atom stereocenters. The predicted molar refractivity (Wildman–Crippen MR) is 48.2 cm³/mol. The van der Waals surface area contributed by atoms with E-state index >= 15 is 0 Å². The van der Waals surface area contributed by atoms with E-state index in [1.54, 1.807) is 6.92 Å². The molecule has 72 valence electrons. The van der Waals surface area contributed by atoms with Crippen LogP contribution in [0.2, 0.25) is 0 Å². The molecule has 0 aliphatic heterocycles. The van der Waals surface area contributed by atoms with Gasteiger partial charge in [-0.2, -0.15) is 0 Å². The Balaban J connectivity index is 3.77. The summed E-state index contributed by atoms with van der Waals surface area (Å²) in [5.74, 6) is 0.547. The van der Waals surface area contributed by atoms with E-state index in [4.69, 9.17) is 4.74 Å². The van der Waals surface area contributed by atoms with Crippen LogP contribution >= 0.6 is 0 Å². The summed E-state index contributed by atoms with van der Waals surface area (Å²) < 4.78 is 4.84.